The van der Waals surface area contributed by atoms with Crippen LogP contribution in [0.3, 0.4) is 0 Å². The lowest BCUT2D eigenvalue weighted by Crippen LogP contribution is -1.96. The number of anilines is 2. The summed E-state index contributed by atoms with van der Waals surface area (Å²) in [5, 5.41) is 4.28. The first-order valence-corrected chi connectivity index (χ1v) is 5.32. The number of hydrogen-bond acceptors (Lipinski definition) is 4. The zero-order valence-electron chi connectivity index (χ0n) is 10.2. The van der Waals surface area contributed by atoms with Crippen molar-refractivity contribution in [1.82, 2.24) is 9.78 Å². The summed E-state index contributed by atoms with van der Waals surface area (Å²) in [5.74, 6) is 1.42. The van der Waals surface area contributed by atoms with Gasteiger partial charge in [0.2, 0.25) is 0 Å². The summed E-state index contributed by atoms with van der Waals surface area (Å²) >= 11 is 0. The Morgan fingerprint density at radius 1 is 1.18 bits per heavy atom. The van der Waals surface area contributed by atoms with Gasteiger partial charge in [0.05, 0.1) is 17.1 Å². The van der Waals surface area contributed by atoms with Crippen LogP contribution in [0, 0.1) is 13.8 Å². The van der Waals surface area contributed by atoms with Crippen LogP contribution in [-0.4, -0.2) is 9.78 Å². The molecular weight excluding hydrogens is 216 g/mol. The maximum Gasteiger partial charge on any atom is 0.171 e. The molecule has 5 nitrogen and oxygen atoms in total. The molecule has 0 amide bonds. The van der Waals surface area contributed by atoms with Crippen molar-refractivity contribution in [2.24, 2.45) is 7.05 Å². The predicted molar refractivity (Wildman–Crippen MR) is 68.0 cm³/mol. The van der Waals surface area contributed by atoms with Gasteiger partial charge in [-0.3, -0.25) is 4.68 Å². The molecule has 0 unspecified atom stereocenters. The van der Waals surface area contributed by atoms with E-state index >= 15 is 0 Å². The third kappa shape index (κ3) is 2.04. The van der Waals surface area contributed by atoms with Gasteiger partial charge >= 0.3 is 0 Å². The summed E-state index contributed by atoms with van der Waals surface area (Å²) < 4.78 is 7.56. The second-order valence-corrected chi connectivity index (χ2v) is 4.02. The topological polar surface area (TPSA) is 79.1 Å². The molecule has 0 radical (unpaired) electrons. The summed E-state index contributed by atoms with van der Waals surface area (Å²) in [6.07, 6.45) is 0. The summed E-state index contributed by atoms with van der Waals surface area (Å²) in [5.41, 5.74) is 14.3. The minimum atomic E-state index is 0.515. The van der Waals surface area contributed by atoms with Crippen molar-refractivity contribution in [3.8, 4) is 11.5 Å². The van der Waals surface area contributed by atoms with Gasteiger partial charge in [0, 0.05) is 13.1 Å². The Balaban J connectivity index is 2.34. The third-order valence-electron chi connectivity index (χ3n) is 2.72. The van der Waals surface area contributed by atoms with Crippen molar-refractivity contribution in [3.05, 3.63) is 29.6 Å². The Morgan fingerprint density at radius 2 is 1.88 bits per heavy atom. The van der Waals surface area contributed by atoms with Crippen molar-refractivity contribution in [3.63, 3.8) is 0 Å². The summed E-state index contributed by atoms with van der Waals surface area (Å²) in [6.45, 7) is 3.86. The van der Waals surface area contributed by atoms with Crippen molar-refractivity contribution in [2.75, 3.05) is 11.5 Å². The van der Waals surface area contributed by atoms with E-state index in [1.54, 1.807) is 22.9 Å². The van der Waals surface area contributed by atoms with E-state index in [1.165, 1.54) is 0 Å². The summed E-state index contributed by atoms with van der Waals surface area (Å²) in [4.78, 5) is 0. The molecule has 0 atom stereocenters. The SMILES string of the molecule is Cc1nn(C)c(C)c1Oc1ccc(N)c(N)c1. The lowest BCUT2D eigenvalue weighted by Gasteiger charge is -2.07. The fourth-order valence-electron chi connectivity index (χ4n) is 1.64. The first kappa shape index (κ1) is 11.3. The maximum atomic E-state index is 5.78. The highest BCUT2D eigenvalue weighted by molar-refractivity contribution is 5.65. The van der Waals surface area contributed by atoms with E-state index in [9.17, 15) is 0 Å². The molecular formula is C12H16N4O. The van der Waals surface area contributed by atoms with Gasteiger partial charge in [-0.15, -0.1) is 0 Å². The molecule has 0 aliphatic heterocycles. The maximum absolute atomic E-state index is 5.78. The van der Waals surface area contributed by atoms with Gasteiger partial charge in [-0.25, -0.2) is 0 Å². The average Bonchev–Trinajstić information content (AvgIpc) is 2.50. The summed E-state index contributed by atoms with van der Waals surface area (Å²) in [7, 11) is 1.88. The molecule has 0 fully saturated rings. The zero-order valence-corrected chi connectivity index (χ0v) is 10.2. The van der Waals surface area contributed by atoms with Crippen LogP contribution in [0.2, 0.25) is 0 Å². The van der Waals surface area contributed by atoms with Crippen molar-refractivity contribution >= 4 is 11.4 Å². The average molecular weight is 232 g/mol. The number of nitrogen functional groups attached to an aromatic ring is 2. The van der Waals surface area contributed by atoms with E-state index in [2.05, 4.69) is 5.10 Å². The Morgan fingerprint density at radius 3 is 2.41 bits per heavy atom. The zero-order chi connectivity index (χ0) is 12.6. The first-order chi connectivity index (χ1) is 7.99. The van der Waals surface area contributed by atoms with Crippen LogP contribution in [0.25, 0.3) is 0 Å². The Bertz CT molecular complexity index is 560. The van der Waals surface area contributed by atoms with Gasteiger partial charge in [-0.1, -0.05) is 0 Å². The number of hydrogen-bond donors (Lipinski definition) is 2. The van der Waals surface area contributed by atoms with Gasteiger partial charge in [0.1, 0.15) is 11.4 Å². The van der Waals surface area contributed by atoms with Crippen LogP contribution in [0.1, 0.15) is 11.4 Å². The van der Waals surface area contributed by atoms with Crippen LogP contribution < -0.4 is 16.2 Å². The van der Waals surface area contributed by atoms with E-state index in [-0.39, 0.29) is 0 Å². The third-order valence-corrected chi connectivity index (χ3v) is 2.72. The standard InChI is InChI=1S/C12H16N4O/c1-7-12(8(2)16(3)15-7)17-9-4-5-10(13)11(14)6-9/h4-6H,13-14H2,1-3H3. The van der Waals surface area contributed by atoms with Crippen LogP contribution in [0.15, 0.2) is 18.2 Å². The molecule has 0 aliphatic rings. The highest BCUT2D eigenvalue weighted by Gasteiger charge is 2.11. The number of aryl methyl sites for hydroxylation is 2. The number of nitrogens with zero attached hydrogens (tertiary/aromatic N) is 2. The largest absolute Gasteiger partial charge is 0.453 e. The number of aromatic nitrogens is 2. The molecule has 0 saturated carbocycles. The van der Waals surface area contributed by atoms with Gasteiger partial charge in [-0.2, -0.15) is 5.10 Å². The molecule has 5 heteroatoms. The molecule has 2 aromatic rings. The van der Waals surface area contributed by atoms with Crippen LogP contribution in [-0.2, 0) is 7.05 Å². The highest BCUT2D eigenvalue weighted by atomic mass is 16.5. The molecule has 0 spiro atoms. The van der Waals surface area contributed by atoms with Crippen molar-refractivity contribution in [2.45, 2.75) is 13.8 Å². The quantitative estimate of drug-likeness (QED) is 0.776. The van der Waals surface area contributed by atoms with Gasteiger partial charge in [-0.05, 0) is 26.0 Å². The molecule has 0 aliphatic carbocycles. The van der Waals surface area contributed by atoms with E-state index in [1.807, 2.05) is 20.9 Å². The van der Waals surface area contributed by atoms with E-state index in [0.29, 0.717) is 17.1 Å². The predicted octanol–water partition coefficient (Wildman–Crippen LogP) is 1.99. The van der Waals surface area contributed by atoms with E-state index < -0.39 is 0 Å². The Kier molecular flexibility index (Phi) is 2.67. The molecule has 4 N–H and O–H groups in total. The van der Waals surface area contributed by atoms with Crippen LogP contribution in [0.4, 0.5) is 11.4 Å². The normalized spacial score (nSPS) is 10.5. The van der Waals surface area contributed by atoms with Crippen molar-refractivity contribution in [1.29, 1.82) is 0 Å². The fraction of sp³-hybridized carbons (Fsp3) is 0.250. The number of nitrogens with two attached hydrogens (primary N) is 2. The van der Waals surface area contributed by atoms with Crippen LogP contribution >= 0.6 is 0 Å². The lowest BCUT2D eigenvalue weighted by molar-refractivity contribution is 0.474. The first-order valence-electron chi connectivity index (χ1n) is 5.32. The summed E-state index contributed by atoms with van der Waals surface area (Å²) in [6, 6.07) is 5.23. The molecule has 1 aromatic carbocycles. The van der Waals surface area contributed by atoms with Gasteiger partial charge < -0.3 is 16.2 Å². The lowest BCUT2D eigenvalue weighted by atomic mass is 10.2. The van der Waals surface area contributed by atoms with Crippen LogP contribution in [0.5, 0.6) is 11.5 Å². The molecule has 0 bridgehead atoms. The smallest absolute Gasteiger partial charge is 0.171 e. The number of benzene rings is 1. The van der Waals surface area contributed by atoms with Crippen molar-refractivity contribution < 1.29 is 4.74 Å². The molecule has 1 aromatic heterocycles. The molecule has 90 valence electrons. The van der Waals surface area contributed by atoms with Gasteiger partial charge in [0.15, 0.2) is 5.75 Å². The molecule has 0 saturated heterocycles. The Hall–Kier alpha value is -2.17. The molecule has 2 rings (SSSR count). The second kappa shape index (κ2) is 4.01. The second-order valence-electron chi connectivity index (χ2n) is 4.02. The monoisotopic (exact) mass is 232 g/mol. The minimum Gasteiger partial charge on any atom is -0.453 e. The van der Waals surface area contributed by atoms with Gasteiger partial charge in [0.25, 0.3) is 0 Å². The minimum absolute atomic E-state index is 0.515. The van der Waals surface area contributed by atoms with E-state index in [4.69, 9.17) is 16.2 Å². The van der Waals surface area contributed by atoms with E-state index in [0.717, 1.165) is 17.1 Å². The fourth-order valence-corrected chi connectivity index (χ4v) is 1.64. The molecule has 17 heavy (non-hydrogen) atoms. The number of rotatable bonds is 2. The highest BCUT2D eigenvalue weighted by Crippen LogP contribution is 2.30. The number of ether oxygens (including phenoxy) is 1. The Labute approximate surface area is 100.0 Å². The molecule has 1 heterocycles.